The first kappa shape index (κ1) is 27.1. The molecule has 0 unspecified atom stereocenters. The summed E-state index contributed by atoms with van der Waals surface area (Å²) in [6.45, 7) is 1.47. The second-order valence-corrected chi connectivity index (χ2v) is 9.86. The Morgan fingerprint density at radius 1 is 1.00 bits per heavy atom. The predicted molar refractivity (Wildman–Crippen MR) is 146 cm³/mol. The standard InChI is InChI=1S/C29H28BrN3O5/c1-2-19-15-23(30)13-14-24(19)31-25(34)18-38-29(37)22-16-26(35)33(17-22)32-28(36)27(20-9-5-3-6-10-20)21-11-7-4-8-12-21/h3-15,22,27H,2,16-18H2,1H3,(H,31,34)(H,32,36)/t22-/m0/s1. The molecule has 8 nitrogen and oxygen atoms in total. The molecule has 3 aromatic rings. The average molecular weight is 578 g/mol. The lowest BCUT2D eigenvalue weighted by atomic mass is 9.91. The minimum Gasteiger partial charge on any atom is -0.455 e. The second kappa shape index (κ2) is 12.5. The summed E-state index contributed by atoms with van der Waals surface area (Å²) in [7, 11) is 0. The molecule has 1 aliphatic rings. The fourth-order valence-corrected chi connectivity index (χ4v) is 4.78. The van der Waals surface area contributed by atoms with Gasteiger partial charge in [0.1, 0.15) is 0 Å². The number of hydrogen-bond acceptors (Lipinski definition) is 5. The lowest BCUT2D eigenvalue weighted by Gasteiger charge is -2.23. The number of carbonyl (C=O) groups is 4. The highest BCUT2D eigenvalue weighted by Gasteiger charge is 2.37. The molecule has 1 heterocycles. The van der Waals surface area contributed by atoms with E-state index in [4.69, 9.17) is 4.74 Å². The van der Waals surface area contributed by atoms with Gasteiger partial charge < -0.3 is 10.1 Å². The minimum absolute atomic E-state index is 0.0337. The molecular formula is C29H28BrN3O5. The van der Waals surface area contributed by atoms with Crippen molar-refractivity contribution in [3.8, 4) is 0 Å². The van der Waals surface area contributed by atoms with Crippen molar-refractivity contribution in [2.75, 3.05) is 18.5 Å². The van der Waals surface area contributed by atoms with E-state index in [0.717, 1.165) is 32.6 Å². The number of rotatable bonds is 9. The van der Waals surface area contributed by atoms with Crippen molar-refractivity contribution < 1.29 is 23.9 Å². The highest BCUT2D eigenvalue weighted by molar-refractivity contribution is 9.10. The zero-order chi connectivity index (χ0) is 27.1. The van der Waals surface area contributed by atoms with Crippen LogP contribution in [0, 0.1) is 5.92 Å². The number of aryl methyl sites for hydroxylation is 1. The topological polar surface area (TPSA) is 105 Å². The van der Waals surface area contributed by atoms with Crippen LogP contribution in [0.3, 0.4) is 0 Å². The third-order valence-corrected chi connectivity index (χ3v) is 6.79. The van der Waals surface area contributed by atoms with Crippen LogP contribution in [0.5, 0.6) is 0 Å². The molecule has 1 aliphatic heterocycles. The van der Waals surface area contributed by atoms with Gasteiger partial charge in [0.2, 0.25) is 5.91 Å². The Kier molecular flexibility index (Phi) is 8.91. The van der Waals surface area contributed by atoms with E-state index in [1.54, 1.807) is 6.07 Å². The maximum absolute atomic E-state index is 13.3. The Labute approximate surface area is 229 Å². The number of nitrogens with one attached hydrogen (secondary N) is 2. The molecule has 0 spiro atoms. The number of carbonyl (C=O) groups excluding carboxylic acids is 4. The van der Waals surface area contributed by atoms with Crippen molar-refractivity contribution in [3.63, 3.8) is 0 Å². The van der Waals surface area contributed by atoms with Crippen LogP contribution in [0.4, 0.5) is 5.69 Å². The third-order valence-electron chi connectivity index (χ3n) is 6.30. The third kappa shape index (κ3) is 6.66. The molecule has 1 fully saturated rings. The Hall–Kier alpha value is -3.98. The summed E-state index contributed by atoms with van der Waals surface area (Å²) >= 11 is 3.41. The second-order valence-electron chi connectivity index (χ2n) is 8.95. The molecule has 196 valence electrons. The van der Waals surface area contributed by atoms with Crippen molar-refractivity contribution in [3.05, 3.63) is 100 Å². The Bertz CT molecular complexity index is 1280. The highest BCUT2D eigenvalue weighted by atomic mass is 79.9. The van der Waals surface area contributed by atoms with E-state index in [-0.39, 0.29) is 18.9 Å². The van der Waals surface area contributed by atoms with Gasteiger partial charge in [-0.1, -0.05) is 83.5 Å². The van der Waals surface area contributed by atoms with Gasteiger partial charge in [0, 0.05) is 16.6 Å². The van der Waals surface area contributed by atoms with E-state index in [1.807, 2.05) is 79.7 Å². The van der Waals surface area contributed by atoms with E-state index in [1.165, 1.54) is 0 Å². The number of halogens is 1. The van der Waals surface area contributed by atoms with Gasteiger partial charge in [0.25, 0.3) is 11.8 Å². The van der Waals surface area contributed by atoms with Gasteiger partial charge in [-0.2, -0.15) is 0 Å². The van der Waals surface area contributed by atoms with Gasteiger partial charge >= 0.3 is 5.97 Å². The van der Waals surface area contributed by atoms with E-state index in [9.17, 15) is 19.2 Å². The minimum atomic E-state index is -0.790. The first-order valence-electron chi connectivity index (χ1n) is 12.3. The van der Waals surface area contributed by atoms with Crippen molar-refractivity contribution in [1.82, 2.24) is 10.4 Å². The number of ether oxygens (including phenoxy) is 1. The number of nitrogens with zero attached hydrogens (tertiary/aromatic N) is 1. The molecule has 38 heavy (non-hydrogen) atoms. The van der Waals surface area contributed by atoms with Crippen molar-refractivity contribution in [2.24, 2.45) is 5.92 Å². The van der Waals surface area contributed by atoms with Crippen LogP contribution in [-0.2, 0) is 30.3 Å². The maximum Gasteiger partial charge on any atom is 0.311 e. The summed E-state index contributed by atoms with van der Waals surface area (Å²) < 4.78 is 6.10. The lowest BCUT2D eigenvalue weighted by molar-refractivity contribution is -0.151. The summed E-state index contributed by atoms with van der Waals surface area (Å²) in [6, 6.07) is 24.0. The fraction of sp³-hybridized carbons (Fsp3) is 0.241. The molecule has 3 amide bonds. The molecule has 0 aliphatic carbocycles. The lowest BCUT2D eigenvalue weighted by Crippen LogP contribution is -2.45. The number of benzene rings is 3. The monoisotopic (exact) mass is 577 g/mol. The van der Waals surface area contributed by atoms with Gasteiger partial charge in [-0.15, -0.1) is 0 Å². The molecule has 2 N–H and O–H groups in total. The molecule has 9 heteroatoms. The fourth-order valence-electron chi connectivity index (χ4n) is 4.37. The van der Waals surface area contributed by atoms with E-state index >= 15 is 0 Å². The van der Waals surface area contributed by atoms with Crippen LogP contribution >= 0.6 is 15.9 Å². The van der Waals surface area contributed by atoms with E-state index in [0.29, 0.717) is 5.69 Å². The van der Waals surface area contributed by atoms with Gasteiger partial charge in [0.05, 0.1) is 18.4 Å². The normalized spacial score (nSPS) is 14.9. The van der Waals surface area contributed by atoms with Crippen molar-refractivity contribution in [1.29, 1.82) is 0 Å². The first-order valence-corrected chi connectivity index (χ1v) is 13.1. The number of esters is 1. The van der Waals surface area contributed by atoms with Gasteiger partial charge in [-0.3, -0.25) is 29.6 Å². The SMILES string of the molecule is CCc1cc(Br)ccc1NC(=O)COC(=O)[C@H]1CC(=O)N(NC(=O)C(c2ccccc2)c2ccccc2)C1. The van der Waals surface area contributed by atoms with Gasteiger partial charge in [0.15, 0.2) is 6.61 Å². The largest absolute Gasteiger partial charge is 0.455 e. The average Bonchev–Trinajstić information content (AvgIpc) is 3.29. The number of hydrogen-bond donors (Lipinski definition) is 2. The molecular weight excluding hydrogens is 550 g/mol. The Morgan fingerprint density at radius 3 is 2.24 bits per heavy atom. The summed E-state index contributed by atoms with van der Waals surface area (Å²) in [6.07, 6.45) is 0.602. The molecule has 4 rings (SSSR count). The summed E-state index contributed by atoms with van der Waals surface area (Å²) in [5.41, 5.74) is 5.83. The van der Waals surface area contributed by atoms with Crippen molar-refractivity contribution in [2.45, 2.75) is 25.7 Å². The Morgan fingerprint density at radius 2 is 1.63 bits per heavy atom. The van der Waals surface area contributed by atoms with E-state index in [2.05, 4.69) is 26.7 Å². The van der Waals surface area contributed by atoms with Gasteiger partial charge in [-0.05, 0) is 41.3 Å². The first-order chi connectivity index (χ1) is 18.4. The zero-order valence-electron chi connectivity index (χ0n) is 20.9. The predicted octanol–water partition coefficient (Wildman–Crippen LogP) is 4.21. The molecule has 1 saturated heterocycles. The highest BCUT2D eigenvalue weighted by Crippen LogP contribution is 2.26. The van der Waals surface area contributed by atoms with Crippen LogP contribution < -0.4 is 10.7 Å². The quantitative estimate of drug-likeness (QED) is 0.371. The Balaban J connectivity index is 1.34. The summed E-state index contributed by atoms with van der Waals surface area (Å²) in [5.74, 6) is -3.34. The smallest absolute Gasteiger partial charge is 0.311 e. The zero-order valence-corrected chi connectivity index (χ0v) is 22.4. The summed E-state index contributed by atoms with van der Waals surface area (Å²) in [4.78, 5) is 50.9. The number of hydrazine groups is 1. The van der Waals surface area contributed by atoms with Crippen LogP contribution in [0.2, 0.25) is 0 Å². The molecule has 0 bridgehead atoms. The molecule has 0 aromatic heterocycles. The molecule has 0 radical (unpaired) electrons. The van der Waals surface area contributed by atoms with Crippen LogP contribution in [0.25, 0.3) is 0 Å². The number of amides is 3. The molecule has 1 atom stereocenters. The maximum atomic E-state index is 13.3. The number of anilines is 1. The van der Waals surface area contributed by atoms with E-state index < -0.39 is 36.2 Å². The molecule has 3 aromatic carbocycles. The molecule has 0 saturated carbocycles. The van der Waals surface area contributed by atoms with Gasteiger partial charge in [-0.25, -0.2) is 0 Å². The van der Waals surface area contributed by atoms with Crippen LogP contribution in [0.15, 0.2) is 83.3 Å². The summed E-state index contributed by atoms with van der Waals surface area (Å²) in [5, 5.41) is 3.91. The van der Waals surface area contributed by atoms with Crippen molar-refractivity contribution >= 4 is 45.3 Å². The van der Waals surface area contributed by atoms with Crippen LogP contribution in [0.1, 0.15) is 36.0 Å². The van der Waals surface area contributed by atoms with Crippen LogP contribution in [-0.4, -0.2) is 41.9 Å².